The van der Waals surface area contributed by atoms with Crippen molar-refractivity contribution in [3.8, 4) is 12.3 Å². The minimum Gasteiger partial charge on any atom is -0.398 e. The Labute approximate surface area is 64.5 Å². The van der Waals surface area contributed by atoms with Crippen LogP contribution in [0.5, 0.6) is 0 Å². The van der Waals surface area contributed by atoms with E-state index in [0.717, 1.165) is 0 Å². The number of anilines is 1. The Kier molecular flexibility index (Phi) is 1.98. The molecule has 0 spiro atoms. The van der Waals surface area contributed by atoms with Gasteiger partial charge in [-0.2, -0.15) is 0 Å². The molecule has 11 heavy (non-hydrogen) atoms. The molecule has 0 saturated carbocycles. The van der Waals surface area contributed by atoms with Crippen molar-refractivity contribution in [1.82, 2.24) is 4.57 Å². The van der Waals surface area contributed by atoms with Gasteiger partial charge in [0, 0.05) is 18.0 Å². The normalized spacial score (nSPS) is 9.00. The monoisotopic (exact) mass is 148 g/mol. The third-order valence-corrected chi connectivity index (χ3v) is 1.27. The fourth-order valence-electron chi connectivity index (χ4n) is 0.772. The summed E-state index contributed by atoms with van der Waals surface area (Å²) in [6.07, 6.45) is 6.56. The fourth-order valence-corrected chi connectivity index (χ4v) is 0.772. The first-order valence-corrected chi connectivity index (χ1v) is 3.13. The van der Waals surface area contributed by atoms with E-state index in [2.05, 4.69) is 5.92 Å². The molecular formula is C8H8N2O. The van der Waals surface area contributed by atoms with Gasteiger partial charge in [-0.3, -0.25) is 4.79 Å². The van der Waals surface area contributed by atoms with E-state index in [1.165, 1.54) is 16.8 Å². The first kappa shape index (κ1) is 7.42. The Morgan fingerprint density at radius 2 is 2.36 bits per heavy atom. The molecule has 2 N–H and O–H groups in total. The van der Waals surface area contributed by atoms with E-state index in [1.54, 1.807) is 6.07 Å². The SMILES string of the molecule is C#CCn1cc(N)ccc1=O. The zero-order chi connectivity index (χ0) is 8.27. The van der Waals surface area contributed by atoms with E-state index in [9.17, 15) is 4.79 Å². The second-order valence-corrected chi connectivity index (χ2v) is 2.13. The number of hydrogen-bond acceptors (Lipinski definition) is 2. The van der Waals surface area contributed by atoms with E-state index >= 15 is 0 Å². The number of aromatic nitrogens is 1. The molecular weight excluding hydrogens is 140 g/mol. The number of nitrogen functional groups attached to an aromatic ring is 1. The van der Waals surface area contributed by atoms with Crippen LogP contribution in [0, 0.1) is 12.3 Å². The molecule has 0 bridgehead atoms. The molecule has 1 aromatic heterocycles. The lowest BCUT2D eigenvalue weighted by atomic mass is 10.4. The maximum Gasteiger partial charge on any atom is 0.251 e. The Bertz CT molecular complexity index is 346. The van der Waals surface area contributed by atoms with Crippen molar-refractivity contribution in [2.45, 2.75) is 6.54 Å². The van der Waals surface area contributed by atoms with Crippen molar-refractivity contribution in [2.24, 2.45) is 0 Å². The maximum absolute atomic E-state index is 11.0. The second kappa shape index (κ2) is 2.93. The van der Waals surface area contributed by atoms with Gasteiger partial charge < -0.3 is 10.3 Å². The van der Waals surface area contributed by atoms with Crippen LogP contribution in [0.3, 0.4) is 0 Å². The van der Waals surface area contributed by atoms with Gasteiger partial charge in [0.25, 0.3) is 5.56 Å². The molecule has 1 rings (SSSR count). The van der Waals surface area contributed by atoms with Gasteiger partial charge in [0.15, 0.2) is 0 Å². The van der Waals surface area contributed by atoms with Gasteiger partial charge in [0.1, 0.15) is 0 Å². The van der Waals surface area contributed by atoms with Crippen LogP contribution in [0.25, 0.3) is 0 Å². The molecule has 0 aliphatic heterocycles. The minimum atomic E-state index is -0.128. The van der Waals surface area contributed by atoms with Crippen LogP contribution >= 0.6 is 0 Å². The summed E-state index contributed by atoms with van der Waals surface area (Å²) in [4.78, 5) is 11.0. The predicted molar refractivity (Wildman–Crippen MR) is 43.9 cm³/mol. The number of nitrogens with two attached hydrogens (primary N) is 1. The summed E-state index contributed by atoms with van der Waals surface area (Å²) in [6, 6.07) is 2.95. The Balaban J connectivity index is 3.15. The molecule has 3 nitrogen and oxygen atoms in total. The minimum absolute atomic E-state index is 0.128. The molecule has 0 aliphatic rings. The molecule has 56 valence electrons. The van der Waals surface area contributed by atoms with Crippen molar-refractivity contribution >= 4 is 5.69 Å². The van der Waals surface area contributed by atoms with Gasteiger partial charge in [-0.25, -0.2) is 0 Å². The first-order chi connectivity index (χ1) is 5.24. The molecule has 0 fully saturated rings. The number of hydrogen-bond donors (Lipinski definition) is 1. The second-order valence-electron chi connectivity index (χ2n) is 2.13. The van der Waals surface area contributed by atoms with E-state index < -0.39 is 0 Å². The zero-order valence-corrected chi connectivity index (χ0v) is 5.95. The van der Waals surface area contributed by atoms with Crippen LogP contribution in [0.15, 0.2) is 23.1 Å². The van der Waals surface area contributed by atoms with Crippen molar-refractivity contribution in [1.29, 1.82) is 0 Å². The van der Waals surface area contributed by atoms with Crippen LogP contribution in [0.4, 0.5) is 5.69 Å². The molecule has 0 atom stereocenters. The highest BCUT2D eigenvalue weighted by atomic mass is 16.1. The first-order valence-electron chi connectivity index (χ1n) is 3.13. The van der Waals surface area contributed by atoms with Crippen LogP contribution in [0.2, 0.25) is 0 Å². The van der Waals surface area contributed by atoms with Gasteiger partial charge in [0.2, 0.25) is 0 Å². The number of rotatable bonds is 1. The Morgan fingerprint density at radius 3 is 3.00 bits per heavy atom. The van der Waals surface area contributed by atoms with Crippen molar-refractivity contribution in [3.05, 3.63) is 28.7 Å². The van der Waals surface area contributed by atoms with Crippen LogP contribution < -0.4 is 11.3 Å². The Morgan fingerprint density at radius 1 is 1.64 bits per heavy atom. The molecule has 0 unspecified atom stereocenters. The summed E-state index contributed by atoms with van der Waals surface area (Å²) in [5, 5.41) is 0. The highest BCUT2D eigenvalue weighted by Gasteiger charge is 1.91. The van der Waals surface area contributed by atoms with Crippen molar-refractivity contribution < 1.29 is 0 Å². The molecule has 0 aliphatic carbocycles. The van der Waals surface area contributed by atoms with Crippen LogP contribution in [-0.2, 0) is 6.54 Å². The molecule has 1 heterocycles. The Hall–Kier alpha value is -1.69. The average molecular weight is 148 g/mol. The van der Waals surface area contributed by atoms with Gasteiger partial charge in [-0.05, 0) is 6.07 Å². The average Bonchev–Trinajstić information content (AvgIpc) is 1.98. The molecule has 0 aromatic carbocycles. The lowest BCUT2D eigenvalue weighted by Crippen LogP contribution is -2.17. The van der Waals surface area contributed by atoms with E-state index in [4.69, 9.17) is 12.2 Å². The van der Waals surface area contributed by atoms with Gasteiger partial charge in [0.05, 0.1) is 6.54 Å². The summed E-state index contributed by atoms with van der Waals surface area (Å²) in [6.45, 7) is 0.268. The third kappa shape index (κ3) is 1.62. The van der Waals surface area contributed by atoms with Crippen molar-refractivity contribution in [2.75, 3.05) is 5.73 Å². The lowest BCUT2D eigenvalue weighted by molar-refractivity contribution is 0.799. The van der Waals surface area contributed by atoms with Crippen molar-refractivity contribution in [3.63, 3.8) is 0 Å². The maximum atomic E-state index is 11.0. The van der Waals surface area contributed by atoms with E-state index in [1.807, 2.05) is 0 Å². The lowest BCUT2D eigenvalue weighted by Gasteiger charge is -1.99. The largest absolute Gasteiger partial charge is 0.398 e. The van der Waals surface area contributed by atoms with E-state index in [-0.39, 0.29) is 12.1 Å². The number of terminal acetylenes is 1. The number of nitrogens with zero attached hydrogens (tertiary/aromatic N) is 1. The fraction of sp³-hybridized carbons (Fsp3) is 0.125. The summed E-state index contributed by atoms with van der Waals surface area (Å²) >= 11 is 0. The van der Waals surface area contributed by atoms with Crippen LogP contribution in [-0.4, -0.2) is 4.57 Å². The molecule has 0 radical (unpaired) electrons. The zero-order valence-electron chi connectivity index (χ0n) is 5.95. The molecule has 1 aromatic rings. The quantitative estimate of drug-likeness (QED) is 0.572. The standard InChI is InChI=1S/C8H8N2O/c1-2-5-10-6-7(9)3-4-8(10)11/h1,3-4,6H,5,9H2. The summed E-state index contributed by atoms with van der Waals surface area (Å²) in [5.41, 5.74) is 5.84. The predicted octanol–water partition coefficient (Wildman–Crippen LogP) is 0.0637. The highest BCUT2D eigenvalue weighted by Crippen LogP contribution is 1.94. The third-order valence-electron chi connectivity index (χ3n) is 1.27. The van der Waals surface area contributed by atoms with Gasteiger partial charge >= 0.3 is 0 Å². The topological polar surface area (TPSA) is 48.0 Å². The van der Waals surface area contributed by atoms with E-state index in [0.29, 0.717) is 5.69 Å². The molecule has 0 saturated heterocycles. The molecule has 3 heteroatoms. The van der Waals surface area contributed by atoms with Gasteiger partial charge in [-0.15, -0.1) is 6.42 Å². The van der Waals surface area contributed by atoms with Crippen LogP contribution in [0.1, 0.15) is 0 Å². The summed E-state index contributed by atoms with van der Waals surface area (Å²) in [7, 11) is 0. The molecule has 0 amide bonds. The number of pyridine rings is 1. The highest BCUT2D eigenvalue weighted by molar-refractivity contribution is 5.33. The summed E-state index contributed by atoms with van der Waals surface area (Å²) < 4.78 is 1.38. The smallest absolute Gasteiger partial charge is 0.251 e. The summed E-state index contributed by atoms with van der Waals surface area (Å²) in [5.74, 6) is 2.36. The van der Waals surface area contributed by atoms with Gasteiger partial charge in [-0.1, -0.05) is 5.92 Å².